The zero-order valence-corrected chi connectivity index (χ0v) is 7.78. The number of nitrogens with zero attached hydrogens (tertiary/aromatic N) is 3. The molecule has 0 aromatic heterocycles. The third kappa shape index (κ3) is 2.63. The molecule has 0 bridgehead atoms. The summed E-state index contributed by atoms with van der Waals surface area (Å²) in [5, 5.41) is 22.4. The lowest BCUT2D eigenvalue weighted by Crippen LogP contribution is -2.11. The number of rotatable bonds is 3. The normalized spacial score (nSPS) is 9.00. The van der Waals surface area contributed by atoms with Crippen molar-refractivity contribution in [2.75, 3.05) is 5.32 Å². The minimum Gasteiger partial charge on any atom is -0.478 e. The second kappa shape index (κ2) is 4.67. The Morgan fingerprint density at radius 1 is 1.38 bits per heavy atom. The molecule has 0 unspecified atom stereocenters. The summed E-state index contributed by atoms with van der Waals surface area (Å²) in [4.78, 5) is 23.7. The van der Waals surface area contributed by atoms with Gasteiger partial charge in [0, 0.05) is 10.6 Å². The van der Waals surface area contributed by atoms with E-state index in [0.29, 0.717) is 0 Å². The van der Waals surface area contributed by atoms with Crippen LogP contribution in [-0.4, -0.2) is 22.3 Å². The van der Waals surface area contributed by atoms with Crippen molar-refractivity contribution in [3.05, 3.63) is 34.2 Å². The van der Waals surface area contributed by atoms with Gasteiger partial charge in [0.05, 0.1) is 11.3 Å². The van der Waals surface area contributed by atoms with E-state index in [1.54, 1.807) is 0 Å². The van der Waals surface area contributed by atoms with Gasteiger partial charge < -0.3 is 10.2 Å². The summed E-state index contributed by atoms with van der Waals surface area (Å²) in [6.45, 7) is 0. The quantitative estimate of drug-likeness (QED) is 0.410. The van der Waals surface area contributed by atoms with Crippen molar-refractivity contribution >= 4 is 23.4 Å². The highest BCUT2D eigenvalue weighted by Gasteiger charge is 2.12. The van der Waals surface area contributed by atoms with Gasteiger partial charge in [0.15, 0.2) is 0 Å². The highest BCUT2D eigenvalue weighted by atomic mass is 16.4. The molecule has 0 radical (unpaired) electrons. The number of hydrogen-bond donors (Lipinski definition) is 3. The maximum atomic E-state index is 10.8. The topological polar surface area (TPSA) is 135 Å². The zero-order valence-electron chi connectivity index (χ0n) is 7.78. The molecule has 0 aliphatic carbocycles. The van der Waals surface area contributed by atoms with Crippen LogP contribution in [0.5, 0.6) is 0 Å². The Labute approximate surface area is 88.8 Å². The van der Waals surface area contributed by atoms with Crippen LogP contribution >= 0.6 is 0 Å². The SMILES string of the molecule is [N-]=[N+]=Nc1ccc(NC(=O)O)c(C(=O)O)c1. The van der Waals surface area contributed by atoms with E-state index < -0.39 is 12.1 Å². The van der Waals surface area contributed by atoms with Crippen molar-refractivity contribution < 1.29 is 19.8 Å². The largest absolute Gasteiger partial charge is 0.478 e. The standard InChI is InChI=1S/C8H6N4O4/c9-12-11-4-1-2-6(10-8(15)16)5(3-4)7(13)14/h1-3,10H,(H,13,14)(H,15,16). The fraction of sp³-hybridized carbons (Fsp3) is 0. The van der Waals surface area contributed by atoms with E-state index in [1.807, 2.05) is 5.32 Å². The molecular weight excluding hydrogens is 216 g/mol. The second-order valence-corrected chi connectivity index (χ2v) is 2.65. The van der Waals surface area contributed by atoms with Gasteiger partial charge in [-0.2, -0.15) is 0 Å². The Morgan fingerprint density at radius 3 is 2.56 bits per heavy atom. The Bertz CT molecular complexity index is 493. The molecule has 8 nitrogen and oxygen atoms in total. The fourth-order valence-electron chi connectivity index (χ4n) is 1.05. The molecule has 0 heterocycles. The van der Waals surface area contributed by atoms with Crippen LogP contribution < -0.4 is 5.32 Å². The van der Waals surface area contributed by atoms with Gasteiger partial charge in [-0.05, 0) is 17.7 Å². The summed E-state index contributed by atoms with van der Waals surface area (Å²) >= 11 is 0. The molecule has 3 N–H and O–H groups in total. The lowest BCUT2D eigenvalue weighted by molar-refractivity contribution is 0.0698. The Kier molecular flexibility index (Phi) is 3.31. The molecule has 0 spiro atoms. The maximum absolute atomic E-state index is 10.8. The van der Waals surface area contributed by atoms with Gasteiger partial charge in [-0.3, -0.25) is 5.32 Å². The number of azide groups is 1. The van der Waals surface area contributed by atoms with Gasteiger partial charge in [0.25, 0.3) is 0 Å². The van der Waals surface area contributed by atoms with E-state index in [9.17, 15) is 9.59 Å². The summed E-state index contributed by atoms with van der Waals surface area (Å²) in [7, 11) is 0. The lowest BCUT2D eigenvalue weighted by atomic mass is 10.1. The van der Waals surface area contributed by atoms with Crippen molar-refractivity contribution in [1.29, 1.82) is 0 Å². The van der Waals surface area contributed by atoms with E-state index in [1.165, 1.54) is 12.1 Å². The van der Waals surface area contributed by atoms with Crippen LogP contribution in [0.15, 0.2) is 23.3 Å². The van der Waals surface area contributed by atoms with Crippen LogP contribution in [0, 0.1) is 0 Å². The average Bonchev–Trinajstić information content (AvgIpc) is 2.19. The second-order valence-electron chi connectivity index (χ2n) is 2.65. The molecule has 16 heavy (non-hydrogen) atoms. The molecule has 0 aliphatic rings. The summed E-state index contributed by atoms with van der Waals surface area (Å²) < 4.78 is 0. The average molecular weight is 222 g/mol. The number of carboxylic acid groups (broad SMARTS) is 2. The van der Waals surface area contributed by atoms with Crippen molar-refractivity contribution in [2.24, 2.45) is 5.11 Å². The lowest BCUT2D eigenvalue weighted by Gasteiger charge is -2.05. The van der Waals surface area contributed by atoms with Crippen molar-refractivity contribution in [1.82, 2.24) is 0 Å². The number of aromatic carboxylic acids is 1. The maximum Gasteiger partial charge on any atom is 0.409 e. The zero-order chi connectivity index (χ0) is 12.1. The molecule has 0 atom stereocenters. The Hall–Kier alpha value is -2.73. The van der Waals surface area contributed by atoms with Crippen molar-refractivity contribution in [3.63, 3.8) is 0 Å². The van der Waals surface area contributed by atoms with Crippen molar-refractivity contribution in [3.8, 4) is 0 Å². The predicted molar refractivity (Wildman–Crippen MR) is 53.9 cm³/mol. The van der Waals surface area contributed by atoms with E-state index in [4.69, 9.17) is 15.7 Å². The van der Waals surface area contributed by atoms with Crippen LogP contribution in [0.1, 0.15) is 10.4 Å². The van der Waals surface area contributed by atoms with Crippen LogP contribution in [-0.2, 0) is 0 Å². The fourth-order valence-corrected chi connectivity index (χ4v) is 1.05. The summed E-state index contributed by atoms with van der Waals surface area (Å²) in [5.41, 5.74) is 7.89. The molecule has 0 aliphatic heterocycles. The van der Waals surface area contributed by atoms with Crippen LogP contribution in [0.2, 0.25) is 0 Å². The first kappa shape index (κ1) is 11.3. The van der Waals surface area contributed by atoms with Gasteiger partial charge in [0.2, 0.25) is 0 Å². The highest BCUT2D eigenvalue weighted by molar-refractivity contribution is 5.99. The molecule has 1 aromatic rings. The third-order valence-corrected chi connectivity index (χ3v) is 1.64. The summed E-state index contributed by atoms with van der Waals surface area (Å²) in [6.07, 6.45) is -1.38. The van der Waals surface area contributed by atoms with E-state index in [0.717, 1.165) is 6.07 Å². The number of carboxylic acids is 1. The molecular formula is C8H6N4O4. The smallest absolute Gasteiger partial charge is 0.409 e. The van der Waals surface area contributed by atoms with Crippen LogP contribution in [0.3, 0.4) is 0 Å². The number of benzene rings is 1. The van der Waals surface area contributed by atoms with Gasteiger partial charge in [-0.1, -0.05) is 11.2 Å². The first-order valence-corrected chi connectivity index (χ1v) is 3.97. The minimum absolute atomic E-state index is 0.0862. The number of nitrogens with one attached hydrogen (secondary N) is 1. The Balaban J connectivity index is 3.24. The van der Waals surface area contributed by atoms with E-state index >= 15 is 0 Å². The first-order valence-electron chi connectivity index (χ1n) is 3.97. The number of carbonyl (C=O) groups is 2. The summed E-state index contributed by atoms with van der Waals surface area (Å²) in [6, 6.07) is 3.59. The third-order valence-electron chi connectivity index (χ3n) is 1.64. The molecule has 82 valence electrons. The van der Waals surface area contributed by atoms with Crippen molar-refractivity contribution in [2.45, 2.75) is 0 Å². The van der Waals surface area contributed by atoms with Gasteiger partial charge in [0.1, 0.15) is 0 Å². The first-order chi connectivity index (χ1) is 7.54. The van der Waals surface area contributed by atoms with Crippen LogP contribution in [0.4, 0.5) is 16.2 Å². The molecule has 1 amide bonds. The number of hydrogen-bond acceptors (Lipinski definition) is 3. The Morgan fingerprint density at radius 2 is 2.06 bits per heavy atom. The van der Waals surface area contributed by atoms with Gasteiger partial charge in [-0.25, -0.2) is 9.59 Å². The predicted octanol–water partition coefficient (Wildman–Crippen LogP) is 2.42. The van der Waals surface area contributed by atoms with Crippen LogP contribution in [0.25, 0.3) is 10.4 Å². The number of amides is 1. The van der Waals surface area contributed by atoms with Gasteiger partial charge >= 0.3 is 12.1 Å². The number of anilines is 1. The molecule has 1 aromatic carbocycles. The van der Waals surface area contributed by atoms with Gasteiger partial charge in [-0.15, -0.1) is 0 Å². The molecule has 1 rings (SSSR count). The minimum atomic E-state index is -1.38. The van der Waals surface area contributed by atoms with E-state index in [-0.39, 0.29) is 16.9 Å². The summed E-state index contributed by atoms with van der Waals surface area (Å²) in [5.74, 6) is -1.32. The molecule has 0 saturated carbocycles. The molecule has 0 fully saturated rings. The molecule has 8 heteroatoms. The van der Waals surface area contributed by atoms with E-state index in [2.05, 4.69) is 10.0 Å². The monoisotopic (exact) mass is 222 g/mol. The molecule has 0 saturated heterocycles. The highest BCUT2D eigenvalue weighted by Crippen LogP contribution is 2.22.